The molecule has 0 unspecified atom stereocenters. The van der Waals surface area contributed by atoms with E-state index in [1.165, 1.54) is 0 Å². The van der Waals surface area contributed by atoms with Crippen molar-refractivity contribution in [3.05, 3.63) is 18.2 Å². The number of nitrogens with two attached hydrogens (primary N) is 1. The molecule has 0 aliphatic rings. The molecule has 1 aromatic heterocycles. The molecular formula is C7H8N4. The zero-order valence-corrected chi connectivity index (χ0v) is 6.15. The Morgan fingerprint density at radius 3 is 3.00 bits per heavy atom. The van der Waals surface area contributed by atoms with E-state index in [1.807, 2.05) is 25.2 Å². The van der Waals surface area contributed by atoms with Crippen LogP contribution in [0.25, 0.3) is 11.0 Å². The van der Waals surface area contributed by atoms with Crippen molar-refractivity contribution in [1.29, 1.82) is 0 Å². The third-order valence-electron chi connectivity index (χ3n) is 1.66. The highest BCUT2D eigenvalue weighted by Crippen LogP contribution is 2.16. The van der Waals surface area contributed by atoms with E-state index < -0.39 is 0 Å². The fourth-order valence-corrected chi connectivity index (χ4v) is 1.14. The lowest BCUT2D eigenvalue weighted by Gasteiger charge is -1.95. The van der Waals surface area contributed by atoms with Gasteiger partial charge in [-0.3, -0.25) is 0 Å². The van der Waals surface area contributed by atoms with Gasteiger partial charge in [-0.2, -0.15) is 0 Å². The molecule has 0 saturated carbocycles. The summed E-state index contributed by atoms with van der Waals surface area (Å²) in [7, 11) is 1.83. The lowest BCUT2D eigenvalue weighted by molar-refractivity contribution is 0.737. The maximum atomic E-state index is 5.70. The van der Waals surface area contributed by atoms with Gasteiger partial charge in [0.15, 0.2) is 0 Å². The maximum absolute atomic E-state index is 5.70. The third kappa shape index (κ3) is 0.756. The number of hydrogen-bond acceptors (Lipinski definition) is 3. The number of nitrogens with zero attached hydrogens (tertiary/aromatic N) is 3. The van der Waals surface area contributed by atoms with Crippen LogP contribution >= 0.6 is 0 Å². The first-order valence-electron chi connectivity index (χ1n) is 3.33. The molecule has 0 saturated heterocycles. The largest absolute Gasteiger partial charge is 0.397 e. The van der Waals surface area contributed by atoms with Crippen molar-refractivity contribution in [2.75, 3.05) is 5.73 Å². The highest BCUT2D eigenvalue weighted by molar-refractivity contribution is 5.86. The van der Waals surface area contributed by atoms with E-state index in [0.717, 1.165) is 16.7 Å². The first-order chi connectivity index (χ1) is 5.29. The molecule has 0 amide bonds. The maximum Gasteiger partial charge on any atom is 0.115 e. The molecule has 0 aliphatic carbocycles. The Hall–Kier alpha value is -1.58. The number of aromatic nitrogens is 3. The van der Waals surface area contributed by atoms with Crippen molar-refractivity contribution in [2.45, 2.75) is 0 Å². The Kier molecular flexibility index (Phi) is 1.09. The number of benzene rings is 1. The number of fused-ring (bicyclic) bond motifs is 1. The van der Waals surface area contributed by atoms with Gasteiger partial charge in [0.1, 0.15) is 11.0 Å². The second kappa shape index (κ2) is 1.95. The van der Waals surface area contributed by atoms with Gasteiger partial charge in [-0.15, -0.1) is 5.10 Å². The van der Waals surface area contributed by atoms with E-state index in [1.54, 1.807) is 4.68 Å². The number of rotatable bonds is 0. The molecule has 11 heavy (non-hydrogen) atoms. The lowest BCUT2D eigenvalue weighted by atomic mass is 10.3. The van der Waals surface area contributed by atoms with Crippen molar-refractivity contribution >= 4 is 16.7 Å². The quantitative estimate of drug-likeness (QED) is 0.555. The topological polar surface area (TPSA) is 56.7 Å². The molecule has 4 nitrogen and oxygen atoms in total. The van der Waals surface area contributed by atoms with Gasteiger partial charge < -0.3 is 5.73 Å². The molecule has 1 heterocycles. The molecule has 4 heteroatoms. The minimum atomic E-state index is 0.718. The minimum absolute atomic E-state index is 0.718. The monoisotopic (exact) mass is 148 g/mol. The van der Waals surface area contributed by atoms with Gasteiger partial charge in [0.2, 0.25) is 0 Å². The van der Waals surface area contributed by atoms with Gasteiger partial charge in [0, 0.05) is 7.05 Å². The van der Waals surface area contributed by atoms with E-state index >= 15 is 0 Å². The Labute approximate surface area is 63.6 Å². The van der Waals surface area contributed by atoms with Crippen LogP contribution in [0.15, 0.2) is 18.2 Å². The summed E-state index contributed by atoms with van der Waals surface area (Å²) >= 11 is 0. The van der Waals surface area contributed by atoms with E-state index in [0.29, 0.717) is 0 Å². The zero-order chi connectivity index (χ0) is 7.84. The van der Waals surface area contributed by atoms with Gasteiger partial charge in [0.05, 0.1) is 5.69 Å². The molecule has 56 valence electrons. The van der Waals surface area contributed by atoms with E-state index in [4.69, 9.17) is 5.73 Å². The molecule has 2 aromatic rings. The van der Waals surface area contributed by atoms with Crippen molar-refractivity contribution in [1.82, 2.24) is 15.0 Å². The van der Waals surface area contributed by atoms with Crippen LogP contribution in [0.5, 0.6) is 0 Å². The molecule has 2 rings (SSSR count). The summed E-state index contributed by atoms with van der Waals surface area (Å²) in [5, 5.41) is 7.76. The fourth-order valence-electron chi connectivity index (χ4n) is 1.14. The Morgan fingerprint density at radius 1 is 1.45 bits per heavy atom. The summed E-state index contributed by atoms with van der Waals surface area (Å²) in [5.41, 5.74) is 8.15. The van der Waals surface area contributed by atoms with Gasteiger partial charge in [-0.05, 0) is 12.1 Å². The van der Waals surface area contributed by atoms with E-state index in [2.05, 4.69) is 10.3 Å². The molecule has 0 bridgehead atoms. The molecule has 1 aromatic carbocycles. The normalized spacial score (nSPS) is 10.6. The molecule has 0 fully saturated rings. The summed E-state index contributed by atoms with van der Waals surface area (Å²) in [4.78, 5) is 0. The van der Waals surface area contributed by atoms with Gasteiger partial charge in [0.25, 0.3) is 0 Å². The second-order valence-corrected chi connectivity index (χ2v) is 2.43. The number of para-hydroxylation sites is 1. The predicted molar refractivity (Wildman–Crippen MR) is 42.9 cm³/mol. The van der Waals surface area contributed by atoms with Crippen LogP contribution in [0.1, 0.15) is 0 Å². The predicted octanol–water partition coefficient (Wildman–Crippen LogP) is 0.550. The lowest BCUT2D eigenvalue weighted by Crippen LogP contribution is -1.93. The smallest absolute Gasteiger partial charge is 0.115 e. The highest BCUT2D eigenvalue weighted by Gasteiger charge is 2.02. The van der Waals surface area contributed by atoms with Crippen LogP contribution in [0.2, 0.25) is 0 Å². The Balaban J connectivity index is 2.96. The van der Waals surface area contributed by atoms with Crippen LogP contribution in [0, 0.1) is 0 Å². The fraction of sp³-hybridized carbons (Fsp3) is 0.143. The minimum Gasteiger partial charge on any atom is -0.397 e. The average Bonchev–Trinajstić information content (AvgIpc) is 2.34. The van der Waals surface area contributed by atoms with Crippen LogP contribution < -0.4 is 5.73 Å². The highest BCUT2D eigenvalue weighted by atomic mass is 15.4. The zero-order valence-electron chi connectivity index (χ0n) is 6.15. The average molecular weight is 148 g/mol. The standard InChI is InChI=1S/C7H8N4/c1-11-7-5(8)3-2-4-6(7)9-10-11/h2-4H,8H2,1H3. The Bertz CT molecular complexity index is 390. The van der Waals surface area contributed by atoms with Crippen LogP contribution in [-0.4, -0.2) is 15.0 Å². The molecule has 2 N–H and O–H groups in total. The summed E-state index contributed by atoms with van der Waals surface area (Å²) in [6.45, 7) is 0. The number of anilines is 1. The first kappa shape index (κ1) is 6.15. The van der Waals surface area contributed by atoms with Gasteiger partial charge in [-0.1, -0.05) is 11.3 Å². The first-order valence-corrected chi connectivity index (χ1v) is 3.33. The third-order valence-corrected chi connectivity index (χ3v) is 1.66. The summed E-state index contributed by atoms with van der Waals surface area (Å²) in [6, 6.07) is 5.59. The molecule has 0 radical (unpaired) electrons. The molecular weight excluding hydrogens is 140 g/mol. The Morgan fingerprint density at radius 2 is 2.27 bits per heavy atom. The van der Waals surface area contributed by atoms with E-state index in [-0.39, 0.29) is 0 Å². The number of nitrogen functional groups attached to an aromatic ring is 1. The van der Waals surface area contributed by atoms with Crippen LogP contribution in [0.3, 0.4) is 0 Å². The van der Waals surface area contributed by atoms with Crippen LogP contribution in [0.4, 0.5) is 5.69 Å². The SMILES string of the molecule is Cn1nnc2cccc(N)c21. The second-order valence-electron chi connectivity index (χ2n) is 2.43. The summed E-state index contributed by atoms with van der Waals surface area (Å²) in [5.74, 6) is 0. The van der Waals surface area contributed by atoms with E-state index in [9.17, 15) is 0 Å². The van der Waals surface area contributed by atoms with Crippen molar-refractivity contribution in [3.63, 3.8) is 0 Å². The summed E-state index contributed by atoms with van der Waals surface area (Å²) < 4.78 is 1.67. The number of hydrogen-bond donors (Lipinski definition) is 1. The van der Waals surface area contributed by atoms with Crippen LogP contribution in [-0.2, 0) is 7.05 Å². The van der Waals surface area contributed by atoms with Crippen molar-refractivity contribution in [3.8, 4) is 0 Å². The summed E-state index contributed by atoms with van der Waals surface area (Å²) in [6.07, 6.45) is 0. The molecule has 0 spiro atoms. The van der Waals surface area contributed by atoms with Crippen molar-refractivity contribution < 1.29 is 0 Å². The number of aryl methyl sites for hydroxylation is 1. The van der Waals surface area contributed by atoms with Crippen molar-refractivity contribution in [2.24, 2.45) is 7.05 Å². The molecule has 0 atom stereocenters. The van der Waals surface area contributed by atoms with Gasteiger partial charge in [-0.25, -0.2) is 4.68 Å². The van der Waals surface area contributed by atoms with Gasteiger partial charge >= 0.3 is 0 Å². The molecule has 0 aliphatic heterocycles.